The van der Waals surface area contributed by atoms with Crippen LogP contribution in [0.25, 0.3) is 0 Å². The summed E-state index contributed by atoms with van der Waals surface area (Å²) in [6.45, 7) is 4.36. The van der Waals surface area contributed by atoms with E-state index in [0.717, 1.165) is 5.92 Å². The van der Waals surface area contributed by atoms with E-state index in [0.29, 0.717) is 6.04 Å². The lowest BCUT2D eigenvalue weighted by Gasteiger charge is -2.17. The Kier molecular flexibility index (Phi) is 4.51. The van der Waals surface area contributed by atoms with Gasteiger partial charge in [0, 0.05) is 6.04 Å². The van der Waals surface area contributed by atoms with Crippen molar-refractivity contribution in [1.82, 2.24) is 5.32 Å². The van der Waals surface area contributed by atoms with Crippen molar-refractivity contribution >= 4 is 0 Å². The van der Waals surface area contributed by atoms with Crippen molar-refractivity contribution < 1.29 is 0 Å². The van der Waals surface area contributed by atoms with Gasteiger partial charge in [0.2, 0.25) is 0 Å². The van der Waals surface area contributed by atoms with Crippen LogP contribution >= 0.6 is 0 Å². The van der Waals surface area contributed by atoms with Gasteiger partial charge in [-0.25, -0.2) is 0 Å². The molecule has 0 aliphatic heterocycles. The zero-order valence-corrected chi connectivity index (χ0v) is 9.27. The summed E-state index contributed by atoms with van der Waals surface area (Å²) in [7, 11) is 2.07. The molecule has 1 fully saturated rings. The average Bonchev–Trinajstić information content (AvgIpc) is 2.55. The van der Waals surface area contributed by atoms with E-state index < -0.39 is 0 Å². The summed E-state index contributed by atoms with van der Waals surface area (Å²) in [6.07, 6.45) is 9.51. The number of nitrogens with one attached hydrogen (secondary N) is 1. The van der Waals surface area contributed by atoms with Crippen molar-refractivity contribution in [3.8, 4) is 0 Å². The van der Waals surface area contributed by atoms with Crippen LogP contribution in [0.4, 0.5) is 0 Å². The number of rotatable bonds is 4. The number of allylic oxidation sites excluding steroid dienone is 1. The average molecular weight is 181 g/mol. The predicted molar refractivity (Wildman–Crippen MR) is 58.9 cm³/mol. The van der Waals surface area contributed by atoms with E-state index in [2.05, 4.69) is 32.3 Å². The largest absolute Gasteiger partial charge is 0.314 e. The first-order chi connectivity index (χ1) is 6.22. The van der Waals surface area contributed by atoms with Crippen LogP contribution in [0, 0.1) is 5.92 Å². The predicted octanol–water partition coefficient (Wildman–Crippen LogP) is 3.12. The zero-order chi connectivity index (χ0) is 9.68. The number of hydrogen-bond donors (Lipinski definition) is 1. The minimum Gasteiger partial charge on any atom is -0.314 e. The van der Waals surface area contributed by atoms with Crippen LogP contribution in [0.15, 0.2) is 11.6 Å². The Hall–Kier alpha value is -0.300. The highest BCUT2D eigenvalue weighted by molar-refractivity contribution is 5.01. The van der Waals surface area contributed by atoms with Crippen LogP contribution in [-0.4, -0.2) is 13.1 Å². The van der Waals surface area contributed by atoms with E-state index in [1.54, 1.807) is 0 Å². The number of hydrogen-bond acceptors (Lipinski definition) is 1. The van der Waals surface area contributed by atoms with Gasteiger partial charge in [-0.1, -0.05) is 37.3 Å². The molecule has 1 heteroatoms. The van der Waals surface area contributed by atoms with Gasteiger partial charge in [0.1, 0.15) is 0 Å². The van der Waals surface area contributed by atoms with Crippen molar-refractivity contribution in [2.24, 2.45) is 5.92 Å². The molecule has 1 saturated carbocycles. The smallest absolute Gasteiger partial charge is 0.0252 e. The molecule has 0 saturated heterocycles. The molecule has 1 unspecified atom stereocenters. The molecule has 0 bridgehead atoms. The normalized spacial score (nSPS) is 20.2. The molecule has 1 N–H and O–H groups in total. The second kappa shape index (κ2) is 5.43. The maximum Gasteiger partial charge on any atom is 0.0252 e. The van der Waals surface area contributed by atoms with Crippen LogP contribution in [0.1, 0.15) is 46.0 Å². The first kappa shape index (κ1) is 10.8. The van der Waals surface area contributed by atoms with E-state index in [9.17, 15) is 0 Å². The Morgan fingerprint density at radius 2 is 2.00 bits per heavy atom. The van der Waals surface area contributed by atoms with Crippen molar-refractivity contribution in [3.63, 3.8) is 0 Å². The minimum absolute atomic E-state index is 0.605. The second-order valence-electron chi connectivity index (χ2n) is 4.53. The summed E-state index contributed by atoms with van der Waals surface area (Å²) in [4.78, 5) is 0. The van der Waals surface area contributed by atoms with E-state index >= 15 is 0 Å². The zero-order valence-electron chi connectivity index (χ0n) is 9.27. The lowest BCUT2D eigenvalue weighted by molar-refractivity contribution is 0.445. The summed E-state index contributed by atoms with van der Waals surface area (Å²) in [5.74, 6) is 0.980. The van der Waals surface area contributed by atoms with Crippen LogP contribution in [0.2, 0.25) is 0 Å². The molecule has 1 aliphatic rings. The van der Waals surface area contributed by atoms with Crippen molar-refractivity contribution in [2.45, 2.75) is 52.0 Å². The highest BCUT2D eigenvalue weighted by Crippen LogP contribution is 2.28. The fourth-order valence-corrected chi connectivity index (χ4v) is 2.28. The molecule has 0 spiro atoms. The van der Waals surface area contributed by atoms with E-state index in [1.165, 1.54) is 37.7 Å². The monoisotopic (exact) mass is 181 g/mol. The summed E-state index contributed by atoms with van der Waals surface area (Å²) in [6, 6.07) is 0.605. The van der Waals surface area contributed by atoms with Gasteiger partial charge in [0.25, 0.3) is 0 Å². The fourth-order valence-electron chi connectivity index (χ4n) is 2.28. The fraction of sp³-hybridized carbons (Fsp3) is 0.833. The molecule has 0 aromatic heterocycles. The third-order valence-corrected chi connectivity index (χ3v) is 2.97. The highest BCUT2D eigenvalue weighted by atomic mass is 14.9. The Morgan fingerprint density at radius 1 is 1.38 bits per heavy atom. The molecule has 1 nitrogen and oxygen atoms in total. The molecule has 0 aromatic carbocycles. The van der Waals surface area contributed by atoms with Gasteiger partial charge in [-0.3, -0.25) is 0 Å². The molecule has 1 aliphatic carbocycles. The van der Waals surface area contributed by atoms with Crippen molar-refractivity contribution in [2.75, 3.05) is 7.05 Å². The minimum atomic E-state index is 0.605. The Bertz CT molecular complexity index is 162. The Labute approximate surface area is 82.6 Å². The standard InChI is InChI=1S/C12H23N/c1-10(2)8-12(13-3)9-11-6-4-5-7-11/h8,11-13H,4-7,9H2,1-3H3. The van der Waals surface area contributed by atoms with Crippen LogP contribution in [0.3, 0.4) is 0 Å². The first-order valence-electron chi connectivity index (χ1n) is 5.54. The molecular weight excluding hydrogens is 158 g/mol. The van der Waals surface area contributed by atoms with Crippen LogP contribution < -0.4 is 5.32 Å². The quantitative estimate of drug-likeness (QED) is 0.657. The summed E-state index contributed by atoms with van der Waals surface area (Å²) in [5, 5.41) is 3.38. The number of likely N-dealkylation sites (N-methyl/N-ethyl adjacent to an activating group) is 1. The van der Waals surface area contributed by atoms with E-state index in [1.807, 2.05) is 0 Å². The van der Waals surface area contributed by atoms with E-state index in [4.69, 9.17) is 0 Å². The third kappa shape index (κ3) is 3.95. The van der Waals surface area contributed by atoms with Gasteiger partial charge in [0.15, 0.2) is 0 Å². The lowest BCUT2D eigenvalue weighted by atomic mass is 9.97. The Morgan fingerprint density at radius 3 is 2.46 bits per heavy atom. The maximum absolute atomic E-state index is 3.38. The van der Waals surface area contributed by atoms with Crippen LogP contribution in [-0.2, 0) is 0 Å². The lowest BCUT2D eigenvalue weighted by Crippen LogP contribution is -2.25. The van der Waals surface area contributed by atoms with E-state index in [-0.39, 0.29) is 0 Å². The van der Waals surface area contributed by atoms with Gasteiger partial charge >= 0.3 is 0 Å². The van der Waals surface area contributed by atoms with Crippen molar-refractivity contribution in [1.29, 1.82) is 0 Å². The van der Waals surface area contributed by atoms with Crippen molar-refractivity contribution in [3.05, 3.63) is 11.6 Å². The molecule has 0 radical (unpaired) electrons. The summed E-state index contributed by atoms with van der Waals surface area (Å²) in [5.41, 5.74) is 1.43. The molecule has 1 rings (SSSR count). The summed E-state index contributed by atoms with van der Waals surface area (Å²) < 4.78 is 0. The molecule has 0 amide bonds. The molecule has 0 heterocycles. The maximum atomic E-state index is 3.38. The molecular formula is C12H23N. The SMILES string of the molecule is CNC(C=C(C)C)CC1CCCC1. The molecule has 0 aromatic rings. The van der Waals surface area contributed by atoms with Gasteiger partial charge in [-0.15, -0.1) is 0 Å². The molecule has 13 heavy (non-hydrogen) atoms. The second-order valence-corrected chi connectivity index (χ2v) is 4.53. The molecule has 76 valence electrons. The first-order valence-corrected chi connectivity index (χ1v) is 5.54. The Balaban J connectivity index is 2.34. The topological polar surface area (TPSA) is 12.0 Å². The van der Waals surface area contributed by atoms with Gasteiger partial charge in [0.05, 0.1) is 0 Å². The summed E-state index contributed by atoms with van der Waals surface area (Å²) >= 11 is 0. The highest BCUT2D eigenvalue weighted by Gasteiger charge is 2.17. The third-order valence-electron chi connectivity index (χ3n) is 2.97. The van der Waals surface area contributed by atoms with Gasteiger partial charge in [-0.2, -0.15) is 0 Å². The van der Waals surface area contributed by atoms with Crippen LogP contribution in [0.5, 0.6) is 0 Å². The van der Waals surface area contributed by atoms with Gasteiger partial charge < -0.3 is 5.32 Å². The van der Waals surface area contributed by atoms with Gasteiger partial charge in [-0.05, 0) is 33.2 Å². The molecule has 1 atom stereocenters.